The van der Waals surface area contributed by atoms with Gasteiger partial charge >= 0.3 is 0 Å². The van der Waals surface area contributed by atoms with Gasteiger partial charge in [0.05, 0.1) is 6.54 Å². The van der Waals surface area contributed by atoms with E-state index in [-0.39, 0.29) is 30.0 Å². The van der Waals surface area contributed by atoms with Crippen LogP contribution in [-0.4, -0.2) is 101 Å². The number of nitrogens with zero attached hydrogens (tertiary/aromatic N) is 5. The van der Waals surface area contributed by atoms with Crippen molar-refractivity contribution >= 4 is 17.7 Å². The second kappa shape index (κ2) is 11.9. The van der Waals surface area contributed by atoms with Crippen LogP contribution in [0.25, 0.3) is 0 Å². The summed E-state index contributed by atoms with van der Waals surface area (Å²) in [5.74, 6) is -0.910. The number of carbonyl (C=O) groups excluding carboxylic acids is 3. The second-order valence-electron chi connectivity index (χ2n) is 10.2. The molecule has 0 spiro atoms. The summed E-state index contributed by atoms with van der Waals surface area (Å²) in [7, 11) is 1.61. The Hall–Kier alpha value is -3.24. The third-order valence-corrected chi connectivity index (χ3v) is 7.46. The predicted molar refractivity (Wildman–Crippen MR) is 141 cm³/mol. The number of piperazine rings is 1. The number of rotatable bonds is 10. The van der Waals surface area contributed by atoms with Gasteiger partial charge in [0.1, 0.15) is 11.2 Å². The summed E-state index contributed by atoms with van der Waals surface area (Å²) in [5.41, 5.74) is 0.353. The van der Waals surface area contributed by atoms with Crippen molar-refractivity contribution in [3.8, 4) is 0 Å². The van der Waals surface area contributed by atoms with Gasteiger partial charge in [0.25, 0.3) is 11.8 Å². The number of hydrogen-bond donors (Lipinski definition) is 2. The zero-order chi connectivity index (χ0) is 26.4. The normalized spacial score (nSPS) is 20.5. The van der Waals surface area contributed by atoms with Crippen molar-refractivity contribution in [1.82, 2.24) is 35.1 Å². The van der Waals surface area contributed by atoms with E-state index in [9.17, 15) is 14.4 Å². The molecule has 0 aliphatic carbocycles. The Kier molecular flexibility index (Phi) is 8.60. The van der Waals surface area contributed by atoms with E-state index in [4.69, 9.17) is 0 Å². The Labute approximate surface area is 219 Å². The lowest BCUT2D eigenvalue weighted by Crippen LogP contribution is -2.62. The van der Waals surface area contributed by atoms with Crippen LogP contribution in [0.3, 0.4) is 0 Å². The van der Waals surface area contributed by atoms with Crippen LogP contribution in [-0.2, 0) is 17.9 Å². The average molecular weight is 510 g/mol. The highest BCUT2D eigenvalue weighted by Crippen LogP contribution is 2.26. The van der Waals surface area contributed by atoms with Gasteiger partial charge in [-0.05, 0) is 38.4 Å². The molecule has 200 valence electrons. The van der Waals surface area contributed by atoms with Crippen LogP contribution in [0.4, 0.5) is 0 Å². The average Bonchev–Trinajstić information content (AvgIpc) is 3.34. The maximum atomic E-state index is 13.1. The number of amides is 3. The molecule has 0 bridgehead atoms. The van der Waals surface area contributed by atoms with Gasteiger partial charge in [-0.1, -0.05) is 37.3 Å². The van der Waals surface area contributed by atoms with Crippen molar-refractivity contribution in [3.63, 3.8) is 0 Å². The lowest BCUT2D eigenvalue weighted by molar-refractivity contribution is -0.132. The molecule has 4 rings (SSSR count). The molecule has 2 aliphatic rings. The Balaban J connectivity index is 1.29. The molecule has 2 N–H and O–H groups in total. The van der Waals surface area contributed by atoms with Gasteiger partial charge < -0.3 is 25.3 Å². The molecule has 2 aromatic rings. The molecule has 0 radical (unpaired) electrons. The predicted octanol–water partition coefficient (Wildman–Crippen LogP) is 1.19. The van der Waals surface area contributed by atoms with Gasteiger partial charge in [-0.3, -0.25) is 19.1 Å². The minimum atomic E-state index is -1.13. The Morgan fingerprint density at radius 1 is 1.03 bits per heavy atom. The molecule has 10 heteroatoms. The maximum Gasteiger partial charge on any atom is 0.272 e. The molecule has 3 heterocycles. The Morgan fingerprint density at radius 3 is 2.38 bits per heavy atom. The highest BCUT2D eigenvalue weighted by molar-refractivity contribution is 6.01. The first kappa shape index (κ1) is 26.8. The molecule has 1 aromatic carbocycles. The largest absolute Gasteiger partial charge is 0.351 e. The summed E-state index contributed by atoms with van der Waals surface area (Å²) in [5, 5.41) is 10.2. The van der Waals surface area contributed by atoms with Gasteiger partial charge in [-0.2, -0.15) is 5.10 Å². The van der Waals surface area contributed by atoms with E-state index < -0.39 is 5.54 Å². The quantitative estimate of drug-likeness (QED) is 0.467. The highest BCUT2D eigenvalue weighted by Gasteiger charge is 2.46. The van der Waals surface area contributed by atoms with Crippen molar-refractivity contribution in [2.75, 3.05) is 52.9 Å². The van der Waals surface area contributed by atoms with E-state index in [0.29, 0.717) is 18.8 Å². The summed E-state index contributed by atoms with van der Waals surface area (Å²) >= 11 is 0. The SMILES string of the molecule is CCCN1CCN(CCCNC(=O)c2cc3n(n2)C[C@@](C)(C(=O)NCc2ccccc2)N(C)C3=O)CC1. The van der Waals surface area contributed by atoms with Crippen LogP contribution in [0.2, 0.25) is 0 Å². The molecule has 1 aromatic heterocycles. The maximum absolute atomic E-state index is 13.1. The number of fused-ring (bicyclic) bond motifs is 1. The Morgan fingerprint density at radius 2 is 1.70 bits per heavy atom. The molecule has 0 unspecified atom stereocenters. The van der Waals surface area contributed by atoms with Crippen LogP contribution in [0.5, 0.6) is 0 Å². The standard InChI is InChI=1S/C27H39N7O3/c1-4-12-32-14-16-33(17-15-32)13-8-11-28-24(35)22-18-23-25(36)31(3)27(2,20-34(23)30-22)26(37)29-19-21-9-6-5-7-10-21/h5-7,9-10,18H,4,8,11-17,19-20H2,1-3H3,(H,28,35)(H,29,37)/t27-/m0/s1. The van der Waals surface area contributed by atoms with Crippen LogP contribution < -0.4 is 10.6 Å². The fourth-order valence-electron chi connectivity index (χ4n) is 4.95. The van der Waals surface area contributed by atoms with Gasteiger partial charge in [-0.15, -0.1) is 0 Å². The van der Waals surface area contributed by atoms with Crippen molar-refractivity contribution in [3.05, 3.63) is 53.3 Å². The molecule has 10 nitrogen and oxygen atoms in total. The summed E-state index contributed by atoms with van der Waals surface area (Å²) in [6.07, 6.45) is 2.04. The molecule has 1 saturated heterocycles. The number of hydrogen-bond acceptors (Lipinski definition) is 6. The number of likely N-dealkylation sites (N-methyl/N-ethyl adjacent to an activating group) is 1. The van der Waals surface area contributed by atoms with E-state index in [0.717, 1.165) is 51.3 Å². The lowest BCUT2D eigenvalue weighted by atomic mass is 9.96. The second-order valence-corrected chi connectivity index (χ2v) is 10.2. The molecule has 1 atom stereocenters. The molecule has 0 saturated carbocycles. The number of aromatic nitrogens is 2. The van der Waals surface area contributed by atoms with E-state index >= 15 is 0 Å². The fraction of sp³-hybridized carbons (Fsp3) is 0.556. The molecule has 37 heavy (non-hydrogen) atoms. The van der Waals surface area contributed by atoms with Crippen molar-refractivity contribution in [2.45, 2.75) is 45.3 Å². The van der Waals surface area contributed by atoms with Crippen LogP contribution in [0.1, 0.15) is 53.2 Å². The number of benzene rings is 1. The topological polar surface area (TPSA) is 103 Å². The van der Waals surface area contributed by atoms with Crippen molar-refractivity contribution in [2.24, 2.45) is 0 Å². The fourth-order valence-corrected chi connectivity index (χ4v) is 4.95. The first-order valence-electron chi connectivity index (χ1n) is 13.2. The van der Waals surface area contributed by atoms with Gasteiger partial charge in [0.15, 0.2) is 5.69 Å². The molecular weight excluding hydrogens is 470 g/mol. The van der Waals surface area contributed by atoms with Gasteiger partial charge in [0, 0.05) is 52.4 Å². The van der Waals surface area contributed by atoms with Gasteiger partial charge in [-0.25, -0.2) is 0 Å². The molecule has 2 aliphatic heterocycles. The summed E-state index contributed by atoms with van der Waals surface area (Å²) in [4.78, 5) is 45.3. The summed E-state index contributed by atoms with van der Waals surface area (Å²) < 4.78 is 1.48. The summed E-state index contributed by atoms with van der Waals surface area (Å²) in [6, 6.07) is 11.1. The monoisotopic (exact) mass is 509 g/mol. The van der Waals surface area contributed by atoms with Crippen LogP contribution in [0, 0.1) is 0 Å². The minimum absolute atomic E-state index is 0.169. The zero-order valence-corrected chi connectivity index (χ0v) is 22.2. The van der Waals surface area contributed by atoms with Crippen molar-refractivity contribution in [1.29, 1.82) is 0 Å². The zero-order valence-electron chi connectivity index (χ0n) is 22.2. The third-order valence-electron chi connectivity index (χ3n) is 7.46. The van der Waals surface area contributed by atoms with E-state index in [2.05, 4.69) is 32.5 Å². The van der Waals surface area contributed by atoms with Crippen molar-refractivity contribution < 1.29 is 14.4 Å². The van der Waals surface area contributed by atoms with Gasteiger partial charge in [0.2, 0.25) is 5.91 Å². The smallest absolute Gasteiger partial charge is 0.272 e. The number of nitrogens with one attached hydrogen (secondary N) is 2. The summed E-state index contributed by atoms with van der Waals surface area (Å²) in [6.45, 7) is 11.5. The van der Waals surface area contributed by atoms with Crippen LogP contribution >= 0.6 is 0 Å². The third kappa shape index (κ3) is 6.19. The lowest BCUT2D eigenvalue weighted by Gasteiger charge is -2.40. The van der Waals surface area contributed by atoms with E-state index in [1.165, 1.54) is 22.1 Å². The highest BCUT2D eigenvalue weighted by atomic mass is 16.2. The minimum Gasteiger partial charge on any atom is -0.351 e. The molecular formula is C27H39N7O3. The molecule has 1 fully saturated rings. The van der Waals surface area contributed by atoms with Crippen LogP contribution in [0.15, 0.2) is 36.4 Å². The van der Waals surface area contributed by atoms with E-state index in [1.807, 2.05) is 30.3 Å². The molecule has 3 amide bonds. The first-order valence-corrected chi connectivity index (χ1v) is 13.2. The van der Waals surface area contributed by atoms with E-state index in [1.54, 1.807) is 14.0 Å². The Bertz CT molecular complexity index is 1090. The number of carbonyl (C=O) groups is 3. The first-order chi connectivity index (χ1) is 17.8.